The SMILES string of the molecule is C#Cc1ccccc1C(C(=O)NCc1ccccc1)N(C(=O)C(NC(=O)OC(C)(C)C)C(C)C)C1CC1. The zero-order valence-corrected chi connectivity index (χ0v) is 22.3. The Morgan fingerprint density at radius 2 is 1.68 bits per heavy atom. The summed E-state index contributed by atoms with van der Waals surface area (Å²) in [6, 6.07) is 14.8. The van der Waals surface area contributed by atoms with Crippen molar-refractivity contribution >= 4 is 17.9 Å². The molecule has 7 nitrogen and oxygen atoms in total. The molecule has 0 heterocycles. The van der Waals surface area contributed by atoms with Crippen molar-refractivity contribution in [3.8, 4) is 12.3 Å². The number of ether oxygens (including phenoxy) is 1. The quantitative estimate of drug-likeness (QED) is 0.491. The molecule has 1 aliphatic carbocycles. The highest BCUT2D eigenvalue weighted by atomic mass is 16.6. The van der Waals surface area contributed by atoms with Crippen molar-refractivity contribution in [1.82, 2.24) is 15.5 Å². The lowest BCUT2D eigenvalue weighted by molar-refractivity contribution is -0.144. The van der Waals surface area contributed by atoms with E-state index >= 15 is 0 Å². The molecule has 0 spiro atoms. The van der Waals surface area contributed by atoms with E-state index in [1.54, 1.807) is 37.8 Å². The minimum Gasteiger partial charge on any atom is -0.444 e. The van der Waals surface area contributed by atoms with E-state index in [2.05, 4.69) is 16.6 Å². The number of hydrogen-bond donors (Lipinski definition) is 2. The van der Waals surface area contributed by atoms with Crippen LogP contribution in [0.2, 0.25) is 0 Å². The predicted octanol–water partition coefficient (Wildman–Crippen LogP) is 4.57. The summed E-state index contributed by atoms with van der Waals surface area (Å²) in [7, 11) is 0. The first-order valence-electron chi connectivity index (χ1n) is 12.7. The summed E-state index contributed by atoms with van der Waals surface area (Å²) in [6.45, 7) is 9.30. The molecule has 2 atom stereocenters. The summed E-state index contributed by atoms with van der Waals surface area (Å²) in [5.41, 5.74) is 1.35. The van der Waals surface area contributed by atoms with Crippen molar-refractivity contribution in [2.75, 3.05) is 0 Å². The van der Waals surface area contributed by atoms with E-state index < -0.39 is 23.8 Å². The second kappa shape index (κ2) is 12.0. The summed E-state index contributed by atoms with van der Waals surface area (Å²) in [6.07, 6.45) is 6.65. The Hall–Kier alpha value is -3.79. The molecule has 3 rings (SSSR count). The average molecular weight is 504 g/mol. The monoisotopic (exact) mass is 503 g/mol. The van der Waals surface area contributed by atoms with Crippen LogP contribution >= 0.6 is 0 Å². The Balaban J connectivity index is 1.97. The van der Waals surface area contributed by atoms with Crippen LogP contribution in [0.3, 0.4) is 0 Å². The molecular weight excluding hydrogens is 466 g/mol. The smallest absolute Gasteiger partial charge is 0.408 e. The van der Waals surface area contributed by atoms with Gasteiger partial charge in [0.1, 0.15) is 17.7 Å². The number of terminal acetylenes is 1. The molecule has 2 unspecified atom stereocenters. The molecule has 0 bridgehead atoms. The minimum absolute atomic E-state index is 0.132. The third kappa shape index (κ3) is 7.60. The number of carbonyl (C=O) groups is 3. The van der Waals surface area contributed by atoms with E-state index in [-0.39, 0.29) is 23.8 Å². The zero-order chi connectivity index (χ0) is 27.2. The molecular formula is C30H37N3O4. The Morgan fingerprint density at radius 3 is 2.24 bits per heavy atom. The first-order valence-corrected chi connectivity index (χ1v) is 12.7. The lowest BCUT2D eigenvalue weighted by Crippen LogP contribution is -2.55. The van der Waals surface area contributed by atoms with Gasteiger partial charge in [0.05, 0.1) is 0 Å². The topological polar surface area (TPSA) is 87.7 Å². The number of alkyl carbamates (subject to hydrolysis) is 1. The Labute approximate surface area is 220 Å². The minimum atomic E-state index is -0.947. The van der Waals surface area contributed by atoms with Gasteiger partial charge in [-0.15, -0.1) is 6.42 Å². The van der Waals surface area contributed by atoms with Crippen LogP contribution in [0.4, 0.5) is 4.79 Å². The highest BCUT2D eigenvalue weighted by Gasteiger charge is 2.45. The van der Waals surface area contributed by atoms with Crippen molar-refractivity contribution in [3.63, 3.8) is 0 Å². The van der Waals surface area contributed by atoms with Gasteiger partial charge >= 0.3 is 6.09 Å². The Morgan fingerprint density at radius 1 is 1.05 bits per heavy atom. The van der Waals surface area contributed by atoms with E-state index in [0.717, 1.165) is 18.4 Å². The lowest BCUT2D eigenvalue weighted by Gasteiger charge is -2.36. The third-order valence-electron chi connectivity index (χ3n) is 6.05. The molecule has 0 saturated heterocycles. The van der Waals surface area contributed by atoms with Gasteiger partial charge in [-0.05, 0) is 56.7 Å². The molecule has 2 aromatic rings. The van der Waals surface area contributed by atoms with Crippen LogP contribution in [0.5, 0.6) is 0 Å². The highest BCUT2D eigenvalue weighted by molar-refractivity contribution is 5.93. The maximum atomic E-state index is 14.1. The van der Waals surface area contributed by atoms with Gasteiger partial charge < -0.3 is 20.3 Å². The third-order valence-corrected chi connectivity index (χ3v) is 6.05. The fourth-order valence-electron chi connectivity index (χ4n) is 4.15. The van der Waals surface area contributed by atoms with Crippen LogP contribution in [0.25, 0.3) is 0 Å². The number of rotatable bonds is 9. The summed E-state index contributed by atoms with van der Waals surface area (Å²) >= 11 is 0. The van der Waals surface area contributed by atoms with E-state index in [1.165, 1.54) is 0 Å². The number of carbonyl (C=O) groups excluding carboxylic acids is 3. The van der Waals surface area contributed by atoms with Gasteiger partial charge in [-0.2, -0.15) is 0 Å². The van der Waals surface area contributed by atoms with Gasteiger partial charge in [-0.25, -0.2) is 4.79 Å². The second-order valence-electron chi connectivity index (χ2n) is 10.7. The standard InChI is InChI=1S/C30H37N3O4/c1-7-22-15-11-12-16-24(22)26(27(34)31-19-21-13-9-8-10-14-21)33(23-17-18-23)28(35)25(20(2)3)32-29(36)37-30(4,5)6/h1,8-16,20,23,25-26H,17-19H2,2-6H3,(H,31,34)(H,32,36). The van der Waals surface area contributed by atoms with Crippen molar-refractivity contribution in [3.05, 3.63) is 71.3 Å². The number of amides is 3. The number of nitrogens with zero attached hydrogens (tertiary/aromatic N) is 1. The van der Waals surface area contributed by atoms with Crippen LogP contribution in [0.15, 0.2) is 54.6 Å². The highest BCUT2D eigenvalue weighted by Crippen LogP contribution is 2.37. The van der Waals surface area contributed by atoms with Crippen molar-refractivity contribution in [2.24, 2.45) is 5.92 Å². The number of nitrogens with one attached hydrogen (secondary N) is 2. The summed E-state index contributed by atoms with van der Waals surface area (Å²) in [4.78, 5) is 42.1. The zero-order valence-electron chi connectivity index (χ0n) is 22.3. The molecule has 7 heteroatoms. The van der Waals surface area contributed by atoms with Crippen molar-refractivity contribution < 1.29 is 19.1 Å². The number of hydrogen-bond acceptors (Lipinski definition) is 4. The van der Waals surface area contributed by atoms with Crippen molar-refractivity contribution in [2.45, 2.75) is 77.7 Å². The van der Waals surface area contributed by atoms with Crippen LogP contribution in [0, 0.1) is 18.3 Å². The van der Waals surface area contributed by atoms with Gasteiger partial charge in [0, 0.05) is 18.2 Å². The second-order valence-corrected chi connectivity index (χ2v) is 10.7. The maximum absolute atomic E-state index is 14.1. The van der Waals surface area contributed by atoms with E-state index in [9.17, 15) is 14.4 Å². The van der Waals surface area contributed by atoms with Crippen LogP contribution < -0.4 is 10.6 Å². The molecule has 1 aliphatic rings. The predicted molar refractivity (Wildman–Crippen MR) is 143 cm³/mol. The van der Waals surface area contributed by atoms with Gasteiger partial charge in [-0.1, -0.05) is 68.3 Å². The van der Waals surface area contributed by atoms with Crippen LogP contribution in [-0.2, 0) is 20.9 Å². The molecule has 0 aliphatic heterocycles. The Kier molecular flexibility index (Phi) is 8.99. The molecule has 1 saturated carbocycles. The molecule has 1 fully saturated rings. The normalized spacial score (nSPS) is 14.7. The molecule has 196 valence electrons. The van der Waals surface area contributed by atoms with E-state index in [1.807, 2.05) is 56.3 Å². The van der Waals surface area contributed by atoms with Crippen molar-refractivity contribution in [1.29, 1.82) is 0 Å². The summed E-state index contributed by atoms with van der Waals surface area (Å²) in [5, 5.41) is 5.74. The maximum Gasteiger partial charge on any atom is 0.408 e. The van der Waals surface area contributed by atoms with Gasteiger partial charge in [0.25, 0.3) is 0 Å². The molecule has 3 amide bonds. The van der Waals surface area contributed by atoms with Gasteiger partial charge in [0.2, 0.25) is 11.8 Å². The van der Waals surface area contributed by atoms with Crippen LogP contribution in [0.1, 0.15) is 70.2 Å². The first-order chi connectivity index (χ1) is 17.5. The largest absolute Gasteiger partial charge is 0.444 e. The average Bonchev–Trinajstić information content (AvgIpc) is 3.68. The van der Waals surface area contributed by atoms with Crippen LogP contribution in [-0.4, -0.2) is 40.5 Å². The molecule has 0 radical (unpaired) electrons. The van der Waals surface area contributed by atoms with Gasteiger partial charge in [0.15, 0.2) is 0 Å². The van der Waals surface area contributed by atoms with Gasteiger partial charge in [-0.3, -0.25) is 9.59 Å². The number of benzene rings is 2. The first kappa shape index (κ1) is 27.8. The van der Waals surface area contributed by atoms with E-state index in [4.69, 9.17) is 11.2 Å². The lowest BCUT2D eigenvalue weighted by atomic mass is 9.95. The molecule has 2 aromatic carbocycles. The molecule has 37 heavy (non-hydrogen) atoms. The fourth-order valence-corrected chi connectivity index (χ4v) is 4.15. The fraction of sp³-hybridized carbons (Fsp3) is 0.433. The summed E-state index contributed by atoms with van der Waals surface area (Å²) < 4.78 is 5.41. The Bertz CT molecular complexity index is 1140. The molecule has 0 aromatic heterocycles. The van der Waals surface area contributed by atoms with E-state index in [0.29, 0.717) is 17.7 Å². The molecule has 2 N–H and O–H groups in total. The summed E-state index contributed by atoms with van der Waals surface area (Å²) in [5.74, 6) is 1.76.